The number of hydrogen-bond donors (Lipinski definition) is 1. The third kappa shape index (κ3) is 4.78. The maximum absolute atomic E-state index is 13.4. The molecule has 3 heterocycles. The van der Waals surface area contributed by atoms with Crippen molar-refractivity contribution in [1.82, 2.24) is 19.5 Å². The van der Waals surface area contributed by atoms with Crippen LogP contribution in [0.25, 0.3) is 0 Å². The Balaban J connectivity index is 1.39. The minimum atomic E-state index is -3.98. The Morgan fingerprint density at radius 1 is 0.903 bits per heavy atom. The molecular weight excluding hydrogens is 426 g/mol. The summed E-state index contributed by atoms with van der Waals surface area (Å²) in [5.74, 6) is -0.0602. The number of aromatic nitrogens is 3. The number of aryl methyl sites for hydroxylation is 1. The SMILES string of the molecule is Cc1ccc(Nc2ccc(N3CCN(S(=O)(=O)c4cc(F)cc(F)c4)CC3)nn2)nc1. The summed E-state index contributed by atoms with van der Waals surface area (Å²) in [6, 6.07) is 9.62. The van der Waals surface area contributed by atoms with Gasteiger partial charge in [-0.05, 0) is 42.8 Å². The van der Waals surface area contributed by atoms with Gasteiger partial charge in [0.15, 0.2) is 11.6 Å². The van der Waals surface area contributed by atoms with E-state index >= 15 is 0 Å². The van der Waals surface area contributed by atoms with E-state index in [0.29, 0.717) is 36.6 Å². The minimum absolute atomic E-state index is 0.162. The molecule has 0 unspecified atom stereocenters. The molecule has 4 rings (SSSR count). The maximum Gasteiger partial charge on any atom is 0.243 e. The van der Waals surface area contributed by atoms with E-state index in [4.69, 9.17) is 0 Å². The van der Waals surface area contributed by atoms with Gasteiger partial charge in [-0.25, -0.2) is 22.2 Å². The summed E-state index contributed by atoms with van der Waals surface area (Å²) in [5, 5.41) is 11.4. The lowest BCUT2D eigenvalue weighted by Crippen LogP contribution is -2.49. The summed E-state index contributed by atoms with van der Waals surface area (Å²) in [6.07, 6.45) is 1.75. The lowest BCUT2D eigenvalue weighted by molar-refractivity contribution is 0.383. The molecule has 162 valence electrons. The Kier molecular flexibility index (Phi) is 5.79. The van der Waals surface area contributed by atoms with Crippen LogP contribution < -0.4 is 10.2 Å². The quantitative estimate of drug-likeness (QED) is 0.644. The van der Waals surface area contributed by atoms with Gasteiger partial charge in [0, 0.05) is 38.4 Å². The molecule has 0 aliphatic carbocycles. The van der Waals surface area contributed by atoms with Crippen molar-refractivity contribution >= 4 is 27.5 Å². The number of nitrogens with one attached hydrogen (secondary N) is 1. The van der Waals surface area contributed by atoms with Gasteiger partial charge in [0.2, 0.25) is 10.0 Å². The van der Waals surface area contributed by atoms with Gasteiger partial charge in [0.05, 0.1) is 4.90 Å². The molecule has 0 amide bonds. The highest BCUT2D eigenvalue weighted by atomic mass is 32.2. The predicted octanol–water partition coefficient (Wildman–Crippen LogP) is 2.71. The van der Waals surface area contributed by atoms with Crippen LogP contribution in [0, 0.1) is 18.6 Å². The Morgan fingerprint density at radius 3 is 2.16 bits per heavy atom. The summed E-state index contributed by atoms with van der Waals surface area (Å²) >= 11 is 0. The van der Waals surface area contributed by atoms with E-state index in [1.807, 2.05) is 24.0 Å². The summed E-state index contributed by atoms with van der Waals surface area (Å²) in [4.78, 5) is 5.77. The minimum Gasteiger partial charge on any atom is -0.352 e. The molecule has 1 aliphatic rings. The van der Waals surface area contributed by atoms with Gasteiger partial charge < -0.3 is 10.2 Å². The molecule has 0 atom stereocenters. The third-order valence-electron chi connectivity index (χ3n) is 4.85. The molecular formula is C20H20F2N6O2S. The highest BCUT2D eigenvalue weighted by Crippen LogP contribution is 2.22. The molecule has 0 saturated carbocycles. The van der Waals surface area contributed by atoms with Crippen molar-refractivity contribution in [2.75, 3.05) is 36.4 Å². The summed E-state index contributed by atoms with van der Waals surface area (Å²) in [5.41, 5.74) is 1.05. The van der Waals surface area contributed by atoms with Crippen molar-refractivity contribution in [3.63, 3.8) is 0 Å². The highest BCUT2D eigenvalue weighted by molar-refractivity contribution is 7.89. The van der Waals surface area contributed by atoms with Crippen molar-refractivity contribution in [3.05, 3.63) is 65.9 Å². The number of nitrogens with zero attached hydrogens (tertiary/aromatic N) is 5. The largest absolute Gasteiger partial charge is 0.352 e. The van der Waals surface area contributed by atoms with Crippen LogP contribution in [0.1, 0.15) is 5.56 Å². The number of hydrogen-bond acceptors (Lipinski definition) is 7. The molecule has 2 aromatic heterocycles. The molecule has 1 N–H and O–H groups in total. The van der Waals surface area contributed by atoms with E-state index in [2.05, 4.69) is 20.5 Å². The van der Waals surface area contributed by atoms with Gasteiger partial charge in [-0.3, -0.25) is 0 Å². The van der Waals surface area contributed by atoms with Crippen LogP contribution in [0.4, 0.5) is 26.2 Å². The van der Waals surface area contributed by atoms with Crippen LogP contribution >= 0.6 is 0 Å². The zero-order chi connectivity index (χ0) is 22.0. The number of sulfonamides is 1. The first-order chi connectivity index (χ1) is 14.8. The van der Waals surface area contributed by atoms with E-state index < -0.39 is 26.6 Å². The first kappa shape index (κ1) is 21.1. The van der Waals surface area contributed by atoms with Crippen LogP contribution in [0.5, 0.6) is 0 Å². The van der Waals surface area contributed by atoms with E-state index in [9.17, 15) is 17.2 Å². The average molecular weight is 446 g/mol. The van der Waals surface area contributed by atoms with Crippen molar-refractivity contribution in [2.45, 2.75) is 11.8 Å². The van der Waals surface area contributed by atoms with Gasteiger partial charge in [0.1, 0.15) is 17.5 Å². The predicted molar refractivity (Wildman–Crippen MR) is 112 cm³/mol. The van der Waals surface area contributed by atoms with E-state index in [-0.39, 0.29) is 13.1 Å². The fraction of sp³-hybridized carbons (Fsp3) is 0.250. The zero-order valence-corrected chi connectivity index (χ0v) is 17.5. The monoisotopic (exact) mass is 446 g/mol. The Labute approximate surface area is 178 Å². The van der Waals surface area contributed by atoms with Crippen LogP contribution in [0.3, 0.4) is 0 Å². The number of rotatable bonds is 5. The number of piperazine rings is 1. The average Bonchev–Trinajstić information content (AvgIpc) is 2.75. The first-order valence-corrected chi connectivity index (χ1v) is 11.0. The van der Waals surface area contributed by atoms with Crippen LogP contribution in [-0.2, 0) is 10.0 Å². The number of pyridine rings is 1. The molecule has 0 spiro atoms. The highest BCUT2D eigenvalue weighted by Gasteiger charge is 2.29. The van der Waals surface area contributed by atoms with Gasteiger partial charge in [0.25, 0.3) is 0 Å². The van der Waals surface area contributed by atoms with Gasteiger partial charge in [-0.15, -0.1) is 10.2 Å². The molecule has 8 nitrogen and oxygen atoms in total. The molecule has 1 aromatic carbocycles. The second kappa shape index (κ2) is 8.52. The maximum atomic E-state index is 13.4. The Morgan fingerprint density at radius 2 is 1.58 bits per heavy atom. The van der Waals surface area contributed by atoms with Crippen LogP contribution in [0.2, 0.25) is 0 Å². The molecule has 31 heavy (non-hydrogen) atoms. The van der Waals surface area contributed by atoms with Crippen molar-refractivity contribution in [2.24, 2.45) is 0 Å². The van der Waals surface area contributed by atoms with E-state index in [1.165, 1.54) is 4.31 Å². The normalized spacial score (nSPS) is 15.1. The lowest BCUT2D eigenvalue weighted by atomic mass is 10.3. The second-order valence-corrected chi connectivity index (χ2v) is 9.06. The molecule has 0 bridgehead atoms. The lowest BCUT2D eigenvalue weighted by Gasteiger charge is -2.34. The van der Waals surface area contributed by atoms with Gasteiger partial charge in [-0.1, -0.05) is 6.07 Å². The van der Waals surface area contributed by atoms with Crippen molar-refractivity contribution in [3.8, 4) is 0 Å². The van der Waals surface area contributed by atoms with Gasteiger partial charge in [-0.2, -0.15) is 4.31 Å². The summed E-state index contributed by atoms with van der Waals surface area (Å²) < 4.78 is 53.5. The Bertz CT molecular complexity index is 1150. The van der Waals surface area contributed by atoms with E-state index in [0.717, 1.165) is 17.7 Å². The molecule has 0 radical (unpaired) electrons. The molecule has 1 fully saturated rings. The molecule has 3 aromatic rings. The number of halogens is 2. The standard InChI is InChI=1S/C20H20F2N6O2S/c1-14-2-3-18(23-13-14)24-19-4-5-20(26-25-19)27-6-8-28(9-7-27)31(29,30)17-11-15(21)10-16(22)12-17/h2-5,10-13H,6-9H2,1H3,(H,23,24,25). The second-order valence-electron chi connectivity index (χ2n) is 7.12. The molecule has 11 heteroatoms. The first-order valence-electron chi connectivity index (χ1n) is 9.56. The van der Waals surface area contributed by atoms with Gasteiger partial charge >= 0.3 is 0 Å². The van der Waals surface area contributed by atoms with Crippen molar-refractivity contribution in [1.29, 1.82) is 0 Å². The zero-order valence-electron chi connectivity index (χ0n) is 16.7. The fourth-order valence-corrected chi connectivity index (χ4v) is 4.68. The van der Waals surface area contributed by atoms with Crippen LogP contribution in [-0.4, -0.2) is 54.1 Å². The molecule has 1 saturated heterocycles. The van der Waals surface area contributed by atoms with Crippen LogP contribution in [0.15, 0.2) is 53.6 Å². The number of benzene rings is 1. The van der Waals surface area contributed by atoms with Crippen molar-refractivity contribution < 1.29 is 17.2 Å². The summed E-state index contributed by atoms with van der Waals surface area (Å²) in [7, 11) is -3.98. The van der Waals surface area contributed by atoms with E-state index in [1.54, 1.807) is 18.3 Å². The Hall–Kier alpha value is -3.18. The topological polar surface area (TPSA) is 91.3 Å². The third-order valence-corrected chi connectivity index (χ3v) is 6.73. The molecule has 1 aliphatic heterocycles. The smallest absolute Gasteiger partial charge is 0.243 e. The fourth-order valence-electron chi connectivity index (χ4n) is 3.22. The number of anilines is 3. The summed E-state index contributed by atoms with van der Waals surface area (Å²) in [6.45, 7) is 3.02.